The predicted molar refractivity (Wildman–Crippen MR) is 122 cm³/mol. The van der Waals surface area contributed by atoms with E-state index in [1.54, 1.807) is 66.6 Å². The minimum Gasteiger partial charge on any atom is -0.369 e. The van der Waals surface area contributed by atoms with E-state index >= 15 is 0 Å². The predicted octanol–water partition coefficient (Wildman–Crippen LogP) is 2.50. The van der Waals surface area contributed by atoms with Gasteiger partial charge in [-0.1, -0.05) is 6.07 Å². The van der Waals surface area contributed by atoms with Gasteiger partial charge in [-0.15, -0.1) is 0 Å². The summed E-state index contributed by atoms with van der Waals surface area (Å²) >= 11 is 0. The largest absolute Gasteiger partial charge is 0.369 e. The molecule has 0 saturated heterocycles. The van der Waals surface area contributed by atoms with Crippen LogP contribution in [0.1, 0.15) is 5.82 Å². The number of benzene rings is 1. The lowest BCUT2D eigenvalue weighted by Crippen LogP contribution is -2.29. The highest BCUT2D eigenvalue weighted by atomic mass is 32.2. The molecular formula is C21H22N8O2S. The molecule has 0 spiro atoms. The average molecular weight is 451 g/mol. The lowest BCUT2D eigenvalue weighted by Gasteiger charge is -2.11. The van der Waals surface area contributed by atoms with Crippen LogP contribution >= 0.6 is 0 Å². The minimum absolute atomic E-state index is 0.188. The molecule has 0 unspecified atom stereocenters. The second-order valence-electron chi connectivity index (χ2n) is 6.79. The Hall–Kier alpha value is -3.83. The first-order chi connectivity index (χ1) is 15.5. The fourth-order valence-corrected chi connectivity index (χ4v) is 3.98. The highest BCUT2D eigenvalue weighted by molar-refractivity contribution is 7.89. The number of rotatable bonds is 9. The molecule has 3 aromatic heterocycles. The molecule has 4 rings (SSSR count). The Morgan fingerprint density at radius 1 is 0.906 bits per heavy atom. The molecule has 3 heterocycles. The van der Waals surface area contributed by atoms with Crippen LogP contribution in [-0.4, -0.2) is 46.2 Å². The van der Waals surface area contributed by atoms with Gasteiger partial charge >= 0.3 is 0 Å². The Morgan fingerprint density at radius 2 is 1.72 bits per heavy atom. The van der Waals surface area contributed by atoms with Crippen molar-refractivity contribution in [3.63, 3.8) is 0 Å². The summed E-state index contributed by atoms with van der Waals surface area (Å²) in [6.07, 6.45) is 5.14. The standard InChI is InChI=1S/C21H22N8O2S/c1-16-26-20(15-21(27-16)28-19-5-2-3-10-22-19)23-12-13-25-32(30,31)18-8-6-17(7-9-18)29-14-4-11-24-29/h2-11,14-15,25H,12-13H2,1H3,(H2,22,23,26,27,28). The molecule has 0 aliphatic heterocycles. The molecule has 0 saturated carbocycles. The van der Waals surface area contributed by atoms with Gasteiger partial charge in [-0.2, -0.15) is 5.10 Å². The van der Waals surface area contributed by atoms with Crippen LogP contribution in [0.5, 0.6) is 0 Å². The third-order valence-electron chi connectivity index (χ3n) is 4.40. The van der Waals surface area contributed by atoms with Gasteiger partial charge in [0.05, 0.1) is 10.6 Å². The zero-order valence-corrected chi connectivity index (χ0v) is 18.1. The lowest BCUT2D eigenvalue weighted by molar-refractivity contribution is 0.583. The molecule has 0 radical (unpaired) electrons. The van der Waals surface area contributed by atoms with Gasteiger partial charge in [0.1, 0.15) is 23.3 Å². The molecule has 0 bridgehead atoms. The summed E-state index contributed by atoms with van der Waals surface area (Å²) in [4.78, 5) is 13.1. The number of aryl methyl sites for hydroxylation is 1. The van der Waals surface area contributed by atoms with E-state index in [1.807, 2.05) is 18.2 Å². The van der Waals surface area contributed by atoms with Crippen LogP contribution in [0, 0.1) is 6.92 Å². The van der Waals surface area contributed by atoms with Crippen molar-refractivity contribution in [1.82, 2.24) is 29.5 Å². The highest BCUT2D eigenvalue weighted by Crippen LogP contribution is 2.16. The second-order valence-corrected chi connectivity index (χ2v) is 8.56. The van der Waals surface area contributed by atoms with E-state index in [1.165, 1.54) is 0 Å². The van der Waals surface area contributed by atoms with E-state index in [-0.39, 0.29) is 11.4 Å². The van der Waals surface area contributed by atoms with E-state index in [0.717, 1.165) is 5.69 Å². The van der Waals surface area contributed by atoms with Crippen LogP contribution in [-0.2, 0) is 10.0 Å². The Morgan fingerprint density at radius 3 is 2.44 bits per heavy atom. The summed E-state index contributed by atoms with van der Waals surface area (Å²) < 4.78 is 29.3. The summed E-state index contributed by atoms with van der Waals surface area (Å²) in [5, 5.41) is 10.4. The third kappa shape index (κ3) is 5.45. The van der Waals surface area contributed by atoms with E-state index in [4.69, 9.17) is 0 Å². The third-order valence-corrected chi connectivity index (χ3v) is 5.88. The summed E-state index contributed by atoms with van der Waals surface area (Å²) in [6, 6.07) is 15.6. The summed E-state index contributed by atoms with van der Waals surface area (Å²) in [5.74, 6) is 2.42. The molecule has 0 amide bonds. The maximum absolute atomic E-state index is 12.5. The van der Waals surface area contributed by atoms with Gasteiger partial charge in [-0.25, -0.2) is 32.8 Å². The van der Waals surface area contributed by atoms with Crippen molar-refractivity contribution < 1.29 is 8.42 Å². The number of sulfonamides is 1. The Bertz CT molecular complexity index is 1260. The molecule has 0 aliphatic carbocycles. The van der Waals surface area contributed by atoms with E-state index in [9.17, 15) is 8.42 Å². The van der Waals surface area contributed by atoms with Crippen LogP contribution in [0.15, 0.2) is 78.1 Å². The van der Waals surface area contributed by atoms with Crippen molar-refractivity contribution in [3.8, 4) is 5.69 Å². The Kier molecular flexibility index (Phi) is 6.38. The van der Waals surface area contributed by atoms with Gasteiger partial charge in [0, 0.05) is 37.7 Å². The number of aromatic nitrogens is 5. The number of pyridine rings is 1. The van der Waals surface area contributed by atoms with Crippen LogP contribution in [0.2, 0.25) is 0 Å². The Balaban J connectivity index is 1.32. The monoisotopic (exact) mass is 450 g/mol. The molecule has 0 fully saturated rings. The van der Waals surface area contributed by atoms with Crippen molar-refractivity contribution in [1.29, 1.82) is 0 Å². The van der Waals surface area contributed by atoms with Gasteiger partial charge in [0.25, 0.3) is 0 Å². The second kappa shape index (κ2) is 9.54. The van der Waals surface area contributed by atoms with Gasteiger partial charge < -0.3 is 10.6 Å². The number of nitrogens with zero attached hydrogens (tertiary/aromatic N) is 5. The molecule has 164 valence electrons. The lowest BCUT2D eigenvalue weighted by atomic mass is 10.3. The fourth-order valence-electron chi connectivity index (χ4n) is 2.95. The first-order valence-corrected chi connectivity index (χ1v) is 11.4. The van der Waals surface area contributed by atoms with Gasteiger partial charge in [-0.3, -0.25) is 0 Å². The van der Waals surface area contributed by atoms with Crippen molar-refractivity contribution in [2.24, 2.45) is 0 Å². The molecule has 3 N–H and O–H groups in total. The summed E-state index contributed by atoms with van der Waals surface area (Å²) in [7, 11) is -3.63. The highest BCUT2D eigenvalue weighted by Gasteiger charge is 2.13. The van der Waals surface area contributed by atoms with E-state index < -0.39 is 10.0 Å². The average Bonchev–Trinajstić information content (AvgIpc) is 3.32. The molecule has 10 nitrogen and oxygen atoms in total. The fraction of sp³-hybridized carbons (Fsp3) is 0.143. The van der Waals surface area contributed by atoms with E-state index in [2.05, 4.69) is 35.4 Å². The first kappa shape index (κ1) is 21.4. The maximum atomic E-state index is 12.5. The molecule has 11 heteroatoms. The SMILES string of the molecule is Cc1nc(NCCNS(=O)(=O)c2ccc(-n3cccn3)cc2)cc(Nc2ccccn2)n1. The zero-order valence-electron chi connectivity index (χ0n) is 17.3. The maximum Gasteiger partial charge on any atom is 0.240 e. The number of nitrogens with one attached hydrogen (secondary N) is 3. The first-order valence-electron chi connectivity index (χ1n) is 9.87. The molecule has 32 heavy (non-hydrogen) atoms. The number of anilines is 3. The van der Waals surface area contributed by atoms with Gasteiger partial charge in [0.2, 0.25) is 10.0 Å². The molecular weight excluding hydrogens is 428 g/mol. The zero-order chi connectivity index (χ0) is 22.4. The quantitative estimate of drug-likeness (QED) is 0.332. The summed E-state index contributed by atoms with van der Waals surface area (Å²) in [5.41, 5.74) is 0.782. The van der Waals surface area contributed by atoms with Gasteiger partial charge in [0.15, 0.2) is 0 Å². The van der Waals surface area contributed by atoms with Crippen molar-refractivity contribution in [3.05, 3.63) is 79.0 Å². The number of hydrogen-bond acceptors (Lipinski definition) is 8. The van der Waals surface area contributed by atoms with Crippen molar-refractivity contribution in [2.45, 2.75) is 11.8 Å². The molecule has 1 aromatic carbocycles. The van der Waals surface area contributed by atoms with Crippen LogP contribution in [0.3, 0.4) is 0 Å². The molecule has 4 aromatic rings. The summed E-state index contributed by atoms with van der Waals surface area (Å²) in [6.45, 7) is 2.32. The van der Waals surface area contributed by atoms with Crippen LogP contribution in [0.4, 0.5) is 17.5 Å². The smallest absolute Gasteiger partial charge is 0.240 e. The van der Waals surface area contributed by atoms with Crippen molar-refractivity contribution in [2.75, 3.05) is 23.7 Å². The molecule has 0 atom stereocenters. The Labute approximate surface area is 185 Å². The normalized spacial score (nSPS) is 11.3. The van der Waals surface area contributed by atoms with Crippen molar-refractivity contribution >= 4 is 27.5 Å². The van der Waals surface area contributed by atoms with Gasteiger partial charge in [-0.05, 0) is 49.4 Å². The number of hydrogen-bond donors (Lipinski definition) is 3. The molecule has 0 aliphatic rings. The van der Waals surface area contributed by atoms with Crippen LogP contribution in [0.25, 0.3) is 5.69 Å². The van der Waals surface area contributed by atoms with E-state index in [0.29, 0.717) is 29.8 Å². The minimum atomic E-state index is -3.63. The van der Waals surface area contributed by atoms with Crippen LogP contribution < -0.4 is 15.4 Å². The topological polar surface area (TPSA) is 127 Å².